The van der Waals surface area contributed by atoms with Crippen LogP contribution >= 0.6 is 12.4 Å². The molecule has 1 spiro atoms. The third-order valence-electron chi connectivity index (χ3n) is 4.38. The molecule has 1 amide bonds. The number of nitrogens with zero attached hydrogens (tertiary/aromatic N) is 1. The lowest BCUT2D eigenvalue weighted by Crippen LogP contribution is -2.42. The van der Waals surface area contributed by atoms with Gasteiger partial charge >= 0.3 is 0 Å². The third-order valence-corrected chi connectivity index (χ3v) is 4.38. The molecule has 1 heterocycles. The smallest absolute Gasteiger partial charge is 0.228 e. The summed E-state index contributed by atoms with van der Waals surface area (Å²) in [6, 6.07) is 4.86. The van der Waals surface area contributed by atoms with Crippen molar-refractivity contribution >= 4 is 24.0 Å². The Morgan fingerprint density at radius 1 is 1.50 bits per heavy atom. The van der Waals surface area contributed by atoms with Crippen LogP contribution in [-0.4, -0.2) is 18.5 Å². The standard InChI is InChI=1S/C15H19FN2O.ClH/c1-10(17)8-13(19)18-9-15(6-3-7-15)14-11(16)4-2-5-12(14)18;/h2,4-5,10H,3,6-9,17H2,1H3;1H. The number of hydrogen-bond donors (Lipinski definition) is 1. The van der Waals surface area contributed by atoms with Gasteiger partial charge in [-0.3, -0.25) is 4.79 Å². The zero-order valence-electron chi connectivity index (χ0n) is 11.6. The first-order valence-electron chi connectivity index (χ1n) is 6.88. The average molecular weight is 299 g/mol. The van der Waals surface area contributed by atoms with Gasteiger partial charge in [0.05, 0.1) is 5.69 Å². The number of carbonyl (C=O) groups excluding carboxylic acids is 1. The molecule has 1 unspecified atom stereocenters. The summed E-state index contributed by atoms with van der Waals surface area (Å²) >= 11 is 0. The number of amides is 1. The molecule has 0 radical (unpaired) electrons. The molecule has 2 N–H and O–H groups in total. The van der Waals surface area contributed by atoms with E-state index >= 15 is 0 Å². The van der Waals surface area contributed by atoms with Crippen molar-refractivity contribution < 1.29 is 9.18 Å². The topological polar surface area (TPSA) is 46.3 Å². The Bertz CT molecular complexity index is 529. The lowest BCUT2D eigenvalue weighted by Gasteiger charge is -2.39. The molecule has 0 bridgehead atoms. The molecule has 2 aliphatic rings. The minimum atomic E-state index is -0.173. The van der Waals surface area contributed by atoms with Gasteiger partial charge in [0.15, 0.2) is 0 Å². The van der Waals surface area contributed by atoms with Crippen molar-refractivity contribution in [1.82, 2.24) is 0 Å². The number of nitrogens with two attached hydrogens (primary N) is 1. The van der Waals surface area contributed by atoms with Gasteiger partial charge in [0, 0.05) is 30.0 Å². The van der Waals surface area contributed by atoms with Gasteiger partial charge < -0.3 is 10.6 Å². The van der Waals surface area contributed by atoms with E-state index in [1.807, 2.05) is 13.0 Å². The monoisotopic (exact) mass is 298 g/mol. The minimum absolute atomic E-state index is 0. The normalized spacial score (nSPS) is 20.1. The molecule has 3 rings (SSSR count). The van der Waals surface area contributed by atoms with Crippen LogP contribution in [0.1, 0.15) is 38.2 Å². The van der Waals surface area contributed by atoms with Gasteiger partial charge in [-0.05, 0) is 31.9 Å². The molecule has 1 aliphatic carbocycles. The summed E-state index contributed by atoms with van der Waals surface area (Å²) in [6.07, 6.45) is 3.38. The zero-order valence-corrected chi connectivity index (χ0v) is 12.4. The van der Waals surface area contributed by atoms with E-state index < -0.39 is 0 Å². The Balaban J connectivity index is 0.00000147. The number of rotatable bonds is 2. The van der Waals surface area contributed by atoms with Crippen LogP contribution in [0.5, 0.6) is 0 Å². The Hall–Kier alpha value is -1.13. The van der Waals surface area contributed by atoms with Crippen LogP contribution in [0.4, 0.5) is 10.1 Å². The molecule has 0 saturated heterocycles. The highest BCUT2D eigenvalue weighted by molar-refractivity contribution is 5.96. The van der Waals surface area contributed by atoms with E-state index in [0.717, 1.165) is 30.5 Å². The first-order chi connectivity index (χ1) is 9.03. The molecular weight excluding hydrogens is 279 g/mol. The van der Waals surface area contributed by atoms with Gasteiger partial charge in [-0.2, -0.15) is 0 Å². The predicted octanol–water partition coefficient (Wildman–Crippen LogP) is 2.75. The average Bonchev–Trinajstić information content (AvgIpc) is 2.64. The second-order valence-electron chi connectivity index (χ2n) is 5.93. The number of hydrogen-bond acceptors (Lipinski definition) is 2. The largest absolute Gasteiger partial charge is 0.327 e. The van der Waals surface area contributed by atoms with Gasteiger partial charge in [0.1, 0.15) is 5.82 Å². The summed E-state index contributed by atoms with van der Waals surface area (Å²) in [5.41, 5.74) is 7.08. The Morgan fingerprint density at radius 3 is 2.75 bits per heavy atom. The summed E-state index contributed by atoms with van der Waals surface area (Å²) in [4.78, 5) is 14.0. The van der Waals surface area contributed by atoms with E-state index in [4.69, 9.17) is 5.73 Å². The van der Waals surface area contributed by atoms with Gasteiger partial charge in [-0.15, -0.1) is 12.4 Å². The predicted molar refractivity (Wildman–Crippen MR) is 79.8 cm³/mol. The van der Waals surface area contributed by atoms with Crippen LogP contribution in [0.25, 0.3) is 0 Å². The summed E-state index contributed by atoms with van der Waals surface area (Å²) in [6.45, 7) is 2.44. The van der Waals surface area contributed by atoms with Crippen LogP contribution in [-0.2, 0) is 10.2 Å². The fraction of sp³-hybridized carbons (Fsp3) is 0.533. The summed E-state index contributed by atoms with van der Waals surface area (Å²) in [5.74, 6) is -0.168. The lowest BCUT2D eigenvalue weighted by molar-refractivity contribution is -0.119. The first-order valence-corrected chi connectivity index (χ1v) is 6.88. The highest BCUT2D eigenvalue weighted by atomic mass is 35.5. The SMILES string of the molecule is CC(N)CC(=O)N1CC2(CCC2)c2c(F)cccc21.Cl. The number of benzene rings is 1. The fourth-order valence-corrected chi connectivity index (χ4v) is 3.35. The summed E-state index contributed by atoms with van der Waals surface area (Å²) in [7, 11) is 0. The van der Waals surface area contributed by atoms with E-state index in [2.05, 4.69) is 0 Å². The summed E-state index contributed by atoms with van der Waals surface area (Å²) < 4.78 is 14.1. The molecule has 1 atom stereocenters. The van der Waals surface area contributed by atoms with E-state index in [0.29, 0.717) is 13.0 Å². The van der Waals surface area contributed by atoms with Crippen molar-refractivity contribution in [3.8, 4) is 0 Å². The molecule has 110 valence electrons. The zero-order chi connectivity index (χ0) is 13.6. The third kappa shape index (κ3) is 2.21. The molecule has 1 aromatic rings. The van der Waals surface area contributed by atoms with Crippen LogP contribution in [0.3, 0.4) is 0 Å². The molecule has 5 heteroatoms. The molecule has 1 aliphatic heterocycles. The van der Waals surface area contributed by atoms with Crippen molar-refractivity contribution in [2.24, 2.45) is 5.73 Å². The second-order valence-corrected chi connectivity index (χ2v) is 5.93. The molecule has 1 aromatic carbocycles. The minimum Gasteiger partial charge on any atom is -0.327 e. The van der Waals surface area contributed by atoms with Crippen molar-refractivity contribution in [3.05, 3.63) is 29.6 Å². The summed E-state index contributed by atoms with van der Waals surface area (Å²) in [5, 5.41) is 0. The maximum atomic E-state index is 14.1. The van der Waals surface area contributed by atoms with Crippen LogP contribution in [0.2, 0.25) is 0 Å². The highest BCUT2D eigenvalue weighted by Gasteiger charge is 2.49. The van der Waals surface area contributed by atoms with Gasteiger partial charge in [-0.25, -0.2) is 4.39 Å². The van der Waals surface area contributed by atoms with Crippen molar-refractivity contribution in [2.75, 3.05) is 11.4 Å². The highest BCUT2D eigenvalue weighted by Crippen LogP contribution is 2.53. The Labute approximate surface area is 124 Å². The van der Waals surface area contributed by atoms with Crippen LogP contribution in [0, 0.1) is 5.82 Å². The van der Waals surface area contributed by atoms with Crippen LogP contribution < -0.4 is 10.6 Å². The number of halogens is 2. The Morgan fingerprint density at radius 2 is 2.20 bits per heavy atom. The van der Waals surface area contributed by atoms with Crippen molar-refractivity contribution in [1.29, 1.82) is 0 Å². The maximum absolute atomic E-state index is 14.1. The molecule has 20 heavy (non-hydrogen) atoms. The van der Waals surface area contributed by atoms with Crippen molar-refractivity contribution in [2.45, 2.75) is 44.1 Å². The molecule has 3 nitrogen and oxygen atoms in total. The fourth-order valence-electron chi connectivity index (χ4n) is 3.35. The van der Waals surface area contributed by atoms with E-state index in [9.17, 15) is 9.18 Å². The van der Waals surface area contributed by atoms with E-state index in [1.165, 1.54) is 6.07 Å². The van der Waals surface area contributed by atoms with Gasteiger partial charge in [0.2, 0.25) is 5.91 Å². The molecular formula is C15H20ClFN2O. The van der Waals surface area contributed by atoms with E-state index in [-0.39, 0.29) is 35.6 Å². The lowest BCUT2D eigenvalue weighted by atomic mass is 9.65. The number of anilines is 1. The molecule has 1 saturated carbocycles. The number of fused-ring (bicyclic) bond motifs is 2. The quantitative estimate of drug-likeness (QED) is 0.912. The number of carbonyl (C=O) groups is 1. The molecule has 1 fully saturated rings. The van der Waals surface area contributed by atoms with E-state index in [1.54, 1.807) is 11.0 Å². The Kier molecular flexibility index (Phi) is 4.07. The van der Waals surface area contributed by atoms with Gasteiger partial charge in [0.25, 0.3) is 0 Å². The maximum Gasteiger partial charge on any atom is 0.228 e. The second kappa shape index (κ2) is 5.34. The first kappa shape index (κ1) is 15.3. The van der Waals surface area contributed by atoms with Gasteiger partial charge in [-0.1, -0.05) is 12.5 Å². The molecule has 0 aromatic heterocycles. The van der Waals surface area contributed by atoms with Crippen LogP contribution in [0.15, 0.2) is 18.2 Å². The van der Waals surface area contributed by atoms with Crippen molar-refractivity contribution in [3.63, 3.8) is 0 Å².